The molecule has 0 fully saturated rings. The zero-order chi connectivity index (χ0) is 17.0. The summed E-state index contributed by atoms with van der Waals surface area (Å²) in [6, 6.07) is -0.830. The number of nitrogens with one attached hydrogen (secondary N) is 2. The maximum absolute atomic E-state index is 11.8. The van der Waals surface area contributed by atoms with Gasteiger partial charge in [0.2, 0.25) is 0 Å². The molecule has 8 heteroatoms. The van der Waals surface area contributed by atoms with Gasteiger partial charge >= 0.3 is 19.7 Å². The highest BCUT2D eigenvalue weighted by Gasteiger charge is 2.24. The van der Waals surface area contributed by atoms with Crippen LogP contribution in [0.3, 0.4) is 0 Å². The van der Waals surface area contributed by atoms with Gasteiger partial charge in [-0.3, -0.25) is 0 Å². The summed E-state index contributed by atoms with van der Waals surface area (Å²) in [6.07, 6.45) is 2.89. The number of methoxy groups -OCH3 is 1. The van der Waals surface area contributed by atoms with Crippen LogP contribution < -0.4 is 10.5 Å². The Morgan fingerprint density at radius 2 is 2.05 bits per heavy atom. The Morgan fingerprint density at radius 3 is 2.59 bits per heavy atom. The van der Waals surface area contributed by atoms with E-state index < -0.39 is 18.1 Å². The Hall–Kier alpha value is -1.54. The van der Waals surface area contributed by atoms with Crippen LogP contribution in [-0.4, -0.2) is 53.1 Å². The summed E-state index contributed by atoms with van der Waals surface area (Å²) in [4.78, 5) is 23.4. The smallest absolute Gasteiger partial charge is 0.407 e. The summed E-state index contributed by atoms with van der Waals surface area (Å²) < 4.78 is 14.7. The van der Waals surface area contributed by atoms with Gasteiger partial charge in [0.25, 0.3) is 0 Å². The number of rotatable bonds is 11. The maximum Gasteiger partial charge on any atom is 0.407 e. The van der Waals surface area contributed by atoms with Crippen molar-refractivity contribution in [1.82, 2.24) is 10.5 Å². The van der Waals surface area contributed by atoms with Crippen LogP contribution in [0, 0.1) is 5.41 Å². The standard InChI is InChI=1S/C14H27BN2O5/c1-6-7-8-14(2,3)10-22-13(19)17-11(12(18)20-4)9-16-15-21-5/h6,11,15-16H,1,7-10H2,2-5H3,(H,17,19). The number of alkyl carbamates (subject to hydrolysis) is 1. The predicted molar refractivity (Wildman–Crippen MR) is 85.7 cm³/mol. The second-order valence-electron chi connectivity index (χ2n) is 5.67. The van der Waals surface area contributed by atoms with E-state index in [0.29, 0.717) is 0 Å². The van der Waals surface area contributed by atoms with Crippen molar-refractivity contribution in [3.8, 4) is 0 Å². The highest BCUT2D eigenvalue weighted by Crippen LogP contribution is 2.22. The fraction of sp³-hybridized carbons (Fsp3) is 0.714. The second kappa shape index (κ2) is 11.1. The SMILES string of the molecule is C=CCCC(C)(C)COC(=O)NC(CNBOC)C(=O)OC. The summed E-state index contributed by atoms with van der Waals surface area (Å²) in [5, 5.41) is 5.33. The molecule has 1 amide bonds. The van der Waals surface area contributed by atoms with Gasteiger partial charge < -0.3 is 24.7 Å². The summed E-state index contributed by atoms with van der Waals surface area (Å²) >= 11 is 0. The largest absolute Gasteiger partial charge is 0.467 e. The third-order valence-corrected chi connectivity index (χ3v) is 2.99. The molecule has 0 aliphatic heterocycles. The van der Waals surface area contributed by atoms with E-state index in [4.69, 9.17) is 9.39 Å². The average molecular weight is 314 g/mol. The van der Waals surface area contributed by atoms with E-state index in [1.165, 1.54) is 14.2 Å². The Kier molecular flexibility index (Phi) is 10.3. The minimum Gasteiger partial charge on any atom is -0.467 e. The summed E-state index contributed by atoms with van der Waals surface area (Å²) in [5.74, 6) is -0.550. The predicted octanol–water partition coefficient (Wildman–Crippen LogP) is 0.749. The van der Waals surface area contributed by atoms with Crippen molar-refractivity contribution in [2.75, 3.05) is 27.4 Å². The second-order valence-corrected chi connectivity index (χ2v) is 5.67. The monoisotopic (exact) mass is 314 g/mol. The van der Waals surface area contributed by atoms with Gasteiger partial charge in [0.05, 0.1) is 13.7 Å². The molecule has 0 aliphatic carbocycles. The topological polar surface area (TPSA) is 85.9 Å². The van der Waals surface area contributed by atoms with Gasteiger partial charge in [-0.1, -0.05) is 19.9 Å². The molecule has 7 nitrogen and oxygen atoms in total. The first-order valence-corrected chi connectivity index (χ1v) is 7.18. The number of hydrogen-bond donors (Lipinski definition) is 2. The lowest BCUT2D eigenvalue weighted by Crippen LogP contribution is -2.49. The third-order valence-electron chi connectivity index (χ3n) is 2.99. The van der Waals surface area contributed by atoms with Crippen LogP contribution in [0.1, 0.15) is 26.7 Å². The molecule has 0 aromatic heterocycles. The van der Waals surface area contributed by atoms with Crippen molar-refractivity contribution in [1.29, 1.82) is 0 Å². The number of carbonyl (C=O) groups excluding carboxylic acids is 2. The van der Waals surface area contributed by atoms with E-state index in [-0.39, 0.29) is 26.2 Å². The fourth-order valence-corrected chi connectivity index (χ4v) is 1.65. The number of hydrogen-bond acceptors (Lipinski definition) is 6. The van der Waals surface area contributed by atoms with Gasteiger partial charge in [0.15, 0.2) is 0 Å². The zero-order valence-corrected chi connectivity index (χ0v) is 13.9. The van der Waals surface area contributed by atoms with Gasteiger partial charge in [0.1, 0.15) is 6.04 Å². The highest BCUT2D eigenvalue weighted by molar-refractivity contribution is 6.23. The van der Waals surface area contributed by atoms with Gasteiger partial charge in [-0.15, -0.1) is 6.58 Å². The molecular weight excluding hydrogens is 287 g/mol. The average Bonchev–Trinajstić information content (AvgIpc) is 2.49. The lowest BCUT2D eigenvalue weighted by atomic mass is 9.89. The fourth-order valence-electron chi connectivity index (χ4n) is 1.65. The molecule has 0 bridgehead atoms. The summed E-state index contributed by atoms with van der Waals surface area (Å²) in [7, 11) is 3.04. The molecule has 0 rings (SSSR count). The lowest BCUT2D eigenvalue weighted by molar-refractivity contribution is -0.142. The zero-order valence-electron chi connectivity index (χ0n) is 13.9. The first kappa shape index (κ1) is 20.5. The van der Waals surface area contributed by atoms with E-state index in [2.05, 4.69) is 21.9 Å². The number of carbonyl (C=O) groups is 2. The molecule has 1 unspecified atom stereocenters. The molecule has 0 saturated carbocycles. The maximum atomic E-state index is 11.8. The number of allylic oxidation sites excluding steroid dienone is 1. The van der Waals surface area contributed by atoms with E-state index in [0.717, 1.165) is 12.8 Å². The molecule has 2 N–H and O–H groups in total. The first-order chi connectivity index (χ1) is 10.4. The van der Waals surface area contributed by atoms with E-state index in [9.17, 15) is 9.59 Å². The first-order valence-electron chi connectivity index (χ1n) is 7.18. The van der Waals surface area contributed by atoms with Crippen molar-refractivity contribution in [2.24, 2.45) is 5.41 Å². The van der Waals surface area contributed by atoms with E-state index in [1.807, 2.05) is 19.9 Å². The Balaban J connectivity index is 4.31. The minimum absolute atomic E-state index is 0.152. The molecule has 0 heterocycles. The van der Waals surface area contributed by atoms with Crippen LogP contribution in [0.25, 0.3) is 0 Å². The minimum atomic E-state index is -0.830. The molecule has 0 radical (unpaired) electrons. The Bertz CT molecular complexity index is 363. The van der Waals surface area contributed by atoms with Crippen molar-refractivity contribution in [3.05, 3.63) is 12.7 Å². The van der Waals surface area contributed by atoms with Crippen LogP contribution in [0.2, 0.25) is 0 Å². The van der Waals surface area contributed by atoms with Gasteiger partial charge in [0, 0.05) is 13.7 Å². The summed E-state index contributed by atoms with van der Waals surface area (Å²) in [5.41, 5.74) is -0.152. The molecule has 0 saturated heterocycles. The molecule has 22 heavy (non-hydrogen) atoms. The number of ether oxygens (including phenoxy) is 2. The van der Waals surface area contributed by atoms with Crippen molar-refractivity contribution >= 4 is 19.7 Å². The molecule has 0 aromatic rings. The van der Waals surface area contributed by atoms with Crippen LogP contribution >= 0.6 is 0 Å². The van der Waals surface area contributed by atoms with Crippen LogP contribution in [0.15, 0.2) is 12.7 Å². The highest BCUT2D eigenvalue weighted by atomic mass is 16.6. The Morgan fingerprint density at radius 1 is 1.36 bits per heavy atom. The quantitative estimate of drug-likeness (QED) is 0.253. The molecular formula is C14H27BN2O5. The molecule has 1 atom stereocenters. The van der Waals surface area contributed by atoms with Crippen LogP contribution in [-0.2, 0) is 18.9 Å². The molecule has 0 aromatic carbocycles. The van der Waals surface area contributed by atoms with Crippen LogP contribution in [0.4, 0.5) is 4.79 Å². The van der Waals surface area contributed by atoms with Crippen molar-refractivity contribution in [2.45, 2.75) is 32.7 Å². The van der Waals surface area contributed by atoms with Crippen molar-refractivity contribution < 1.29 is 23.7 Å². The third kappa shape index (κ3) is 9.41. The van der Waals surface area contributed by atoms with Crippen LogP contribution in [0.5, 0.6) is 0 Å². The van der Waals surface area contributed by atoms with E-state index in [1.54, 1.807) is 0 Å². The molecule has 126 valence electrons. The molecule has 0 spiro atoms. The van der Waals surface area contributed by atoms with Gasteiger partial charge in [-0.05, 0) is 18.3 Å². The van der Waals surface area contributed by atoms with Crippen molar-refractivity contribution in [3.63, 3.8) is 0 Å². The van der Waals surface area contributed by atoms with Gasteiger partial charge in [-0.25, -0.2) is 9.59 Å². The lowest BCUT2D eigenvalue weighted by Gasteiger charge is -2.24. The number of esters is 1. The number of amides is 1. The van der Waals surface area contributed by atoms with E-state index >= 15 is 0 Å². The van der Waals surface area contributed by atoms with Gasteiger partial charge in [-0.2, -0.15) is 0 Å². The molecule has 0 aliphatic rings. The summed E-state index contributed by atoms with van der Waals surface area (Å²) in [6.45, 7) is 8.12. The Labute approximate surface area is 133 Å². The normalized spacial score (nSPS) is 12.2.